The molecular formula is C12H16N2O6S. The van der Waals surface area contributed by atoms with Crippen LogP contribution in [-0.4, -0.2) is 44.3 Å². The van der Waals surface area contributed by atoms with Crippen LogP contribution in [0.15, 0.2) is 23.1 Å². The molecule has 0 aliphatic heterocycles. The van der Waals surface area contributed by atoms with E-state index in [-0.39, 0.29) is 23.4 Å². The summed E-state index contributed by atoms with van der Waals surface area (Å²) in [7, 11) is -1.61. The van der Waals surface area contributed by atoms with Crippen LogP contribution in [0.5, 0.6) is 0 Å². The first-order chi connectivity index (χ1) is 9.71. The summed E-state index contributed by atoms with van der Waals surface area (Å²) in [5.74, 6) is -0.559. The van der Waals surface area contributed by atoms with Crippen molar-refractivity contribution in [1.82, 2.24) is 4.31 Å². The minimum atomic E-state index is -4.07. The van der Waals surface area contributed by atoms with Crippen LogP contribution in [0, 0.1) is 17.0 Å². The molecule has 0 fully saturated rings. The van der Waals surface area contributed by atoms with Crippen LogP contribution in [0.1, 0.15) is 12.0 Å². The van der Waals surface area contributed by atoms with Gasteiger partial charge in [-0.05, 0) is 12.5 Å². The highest BCUT2D eigenvalue weighted by Gasteiger charge is 2.31. The SMILES string of the molecule is COC(=O)CCN(C)S(=O)(=O)c1c(C)cccc1[N+](=O)[O-]. The summed E-state index contributed by atoms with van der Waals surface area (Å²) in [4.78, 5) is 21.0. The molecule has 0 aliphatic carbocycles. The van der Waals surface area contributed by atoms with Crippen molar-refractivity contribution in [3.8, 4) is 0 Å². The van der Waals surface area contributed by atoms with Gasteiger partial charge in [0, 0.05) is 19.7 Å². The fraction of sp³-hybridized carbons (Fsp3) is 0.417. The summed E-state index contributed by atoms with van der Waals surface area (Å²) >= 11 is 0. The maximum Gasteiger partial charge on any atom is 0.306 e. The zero-order valence-corrected chi connectivity index (χ0v) is 12.7. The number of esters is 1. The lowest BCUT2D eigenvalue weighted by Crippen LogP contribution is -2.30. The second-order valence-electron chi connectivity index (χ2n) is 4.33. The molecule has 8 nitrogen and oxygen atoms in total. The van der Waals surface area contributed by atoms with Crippen molar-refractivity contribution >= 4 is 21.7 Å². The van der Waals surface area contributed by atoms with Gasteiger partial charge in [0.05, 0.1) is 18.5 Å². The Morgan fingerprint density at radius 2 is 2.05 bits per heavy atom. The molecule has 0 unspecified atom stereocenters. The Bertz CT molecular complexity index is 656. The van der Waals surface area contributed by atoms with E-state index in [4.69, 9.17) is 0 Å². The minimum Gasteiger partial charge on any atom is -0.469 e. The lowest BCUT2D eigenvalue weighted by molar-refractivity contribution is -0.387. The van der Waals surface area contributed by atoms with Gasteiger partial charge in [-0.2, -0.15) is 0 Å². The molecule has 1 rings (SSSR count). The number of aryl methyl sites for hydroxylation is 1. The topological polar surface area (TPSA) is 107 Å². The summed E-state index contributed by atoms with van der Waals surface area (Å²) < 4.78 is 30.2. The van der Waals surface area contributed by atoms with Crippen LogP contribution in [0.25, 0.3) is 0 Å². The van der Waals surface area contributed by atoms with Crippen molar-refractivity contribution in [2.45, 2.75) is 18.2 Å². The molecule has 1 aromatic rings. The third-order valence-electron chi connectivity index (χ3n) is 2.91. The lowest BCUT2D eigenvalue weighted by atomic mass is 10.2. The summed E-state index contributed by atoms with van der Waals surface area (Å²) in [5.41, 5.74) is -0.214. The highest BCUT2D eigenvalue weighted by Crippen LogP contribution is 2.29. The Morgan fingerprint density at radius 3 is 2.57 bits per heavy atom. The average molecular weight is 316 g/mol. The Hall–Kier alpha value is -2.00. The predicted molar refractivity (Wildman–Crippen MR) is 74.3 cm³/mol. The van der Waals surface area contributed by atoms with Gasteiger partial charge in [-0.15, -0.1) is 0 Å². The van der Waals surface area contributed by atoms with Crippen LogP contribution in [0.2, 0.25) is 0 Å². The summed E-state index contributed by atoms with van der Waals surface area (Å²) in [6.07, 6.45) is -0.133. The minimum absolute atomic E-state index is 0.125. The van der Waals surface area contributed by atoms with Crippen LogP contribution >= 0.6 is 0 Å². The van der Waals surface area contributed by atoms with E-state index in [1.165, 1.54) is 33.2 Å². The third kappa shape index (κ3) is 3.76. The highest BCUT2D eigenvalue weighted by atomic mass is 32.2. The molecule has 0 bridgehead atoms. The molecule has 0 saturated heterocycles. The number of carbonyl (C=O) groups excluding carboxylic acids is 1. The van der Waals surface area contributed by atoms with E-state index in [9.17, 15) is 23.3 Å². The average Bonchev–Trinajstić information content (AvgIpc) is 2.43. The number of hydrogen-bond donors (Lipinski definition) is 0. The summed E-state index contributed by atoms with van der Waals surface area (Å²) in [6.45, 7) is 1.36. The Balaban J connectivity index is 3.19. The van der Waals surface area contributed by atoms with Gasteiger partial charge in [0.1, 0.15) is 0 Å². The Labute approximate surface area is 122 Å². The van der Waals surface area contributed by atoms with Gasteiger partial charge in [-0.25, -0.2) is 12.7 Å². The van der Waals surface area contributed by atoms with Crippen molar-refractivity contribution in [2.24, 2.45) is 0 Å². The molecule has 1 aromatic carbocycles. The predicted octanol–water partition coefficient (Wildman–Crippen LogP) is 1.09. The van der Waals surface area contributed by atoms with E-state index < -0.39 is 26.6 Å². The summed E-state index contributed by atoms with van der Waals surface area (Å²) in [5, 5.41) is 11.0. The zero-order valence-electron chi connectivity index (χ0n) is 11.9. The smallest absolute Gasteiger partial charge is 0.306 e. The van der Waals surface area contributed by atoms with Gasteiger partial charge in [0.25, 0.3) is 5.69 Å². The van der Waals surface area contributed by atoms with Gasteiger partial charge < -0.3 is 4.74 Å². The third-order valence-corrected chi connectivity index (χ3v) is 4.96. The highest BCUT2D eigenvalue weighted by molar-refractivity contribution is 7.89. The van der Waals surface area contributed by atoms with Crippen molar-refractivity contribution < 1.29 is 22.9 Å². The molecular weight excluding hydrogens is 300 g/mol. The van der Waals surface area contributed by atoms with Gasteiger partial charge >= 0.3 is 5.97 Å². The second-order valence-corrected chi connectivity index (χ2v) is 6.31. The number of hydrogen-bond acceptors (Lipinski definition) is 6. The Kier molecular flexibility index (Phi) is 5.39. The number of methoxy groups -OCH3 is 1. The van der Waals surface area contributed by atoms with Crippen LogP contribution < -0.4 is 0 Å². The molecule has 116 valence electrons. The Morgan fingerprint density at radius 1 is 1.43 bits per heavy atom. The largest absolute Gasteiger partial charge is 0.469 e. The first kappa shape index (κ1) is 17.1. The molecule has 0 heterocycles. The first-order valence-electron chi connectivity index (χ1n) is 5.99. The normalized spacial score (nSPS) is 11.4. The number of ether oxygens (including phenoxy) is 1. The number of rotatable bonds is 6. The van der Waals surface area contributed by atoms with Gasteiger partial charge in [0.2, 0.25) is 10.0 Å². The molecule has 0 saturated carbocycles. The molecule has 9 heteroatoms. The summed E-state index contributed by atoms with van der Waals surface area (Å²) in [6, 6.07) is 4.03. The van der Waals surface area contributed by atoms with Crippen molar-refractivity contribution in [1.29, 1.82) is 0 Å². The quantitative estimate of drug-likeness (QED) is 0.441. The van der Waals surface area contributed by atoms with E-state index in [0.29, 0.717) is 0 Å². The van der Waals surface area contributed by atoms with Gasteiger partial charge in [0.15, 0.2) is 4.90 Å². The molecule has 21 heavy (non-hydrogen) atoms. The number of nitrogens with zero attached hydrogens (tertiary/aromatic N) is 2. The van der Waals surface area contributed by atoms with Crippen molar-refractivity contribution in [3.63, 3.8) is 0 Å². The number of benzene rings is 1. The molecule has 0 amide bonds. The number of carbonyl (C=O) groups is 1. The first-order valence-corrected chi connectivity index (χ1v) is 7.43. The molecule has 0 aliphatic rings. The fourth-order valence-electron chi connectivity index (χ4n) is 1.74. The fourth-order valence-corrected chi connectivity index (χ4v) is 3.27. The van der Waals surface area contributed by atoms with Crippen LogP contribution in [0.4, 0.5) is 5.69 Å². The zero-order chi connectivity index (χ0) is 16.2. The molecule has 0 atom stereocenters. The van der Waals surface area contributed by atoms with E-state index in [0.717, 1.165) is 10.4 Å². The maximum absolute atomic E-state index is 12.4. The van der Waals surface area contributed by atoms with Gasteiger partial charge in [-0.3, -0.25) is 14.9 Å². The van der Waals surface area contributed by atoms with E-state index in [2.05, 4.69) is 4.74 Å². The number of nitro benzene ring substituents is 1. The molecule has 0 radical (unpaired) electrons. The van der Waals surface area contributed by atoms with Crippen molar-refractivity contribution in [3.05, 3.63) is 33.9 Å². The number of sulfonamides is 1. The van der Waals surface area contributed by atoms with Crippen LogP contribution in [0.3, 0.4) is 0 Å². The lowest BCUT2D eigenvalue weighted by Gasteiger charge is -2.17. The molecule has 0 spiro atoms. The van der Waals surface area contributed by atoms with E-state index in [1.54, 1.807) is 0 Å². The monoisotopic (exact) mass is 316 g/mol. The number of nitro groups is 1. The molecule has 0 N–H and O–H groups in total. The van der Waals surface area contributed by atoms with Gasteiger partial charge in [-0.1, -0.05) is 12.1 Å². The van der Waals surface area contributed by atoms with E-state index in [1.807, 2.05) is 0 Å². The van der Waals surface area contributed by atoms with Crippen molar-refractivity contribution in [2.75, 3.05) is 20.7 Å². The van der Waals surface area contributed by atoms with Crippen LogP contribution in [-0.2, 0) is 19.6 Å². The molecule has 0 aromatic heterocycles. The maximum atomic E-state index is 12.4. The standard InChI is InChI=1S/C12H16N2O6S/c1-9-5-4-6-10(14(16)17)12(9)21(18,19)13(2)8-7-11(15)20-3/h4-6H,7-8H2,1-3H3. The van der Waals surface area contributed by atoms with E-state index >= 15 is 0 Å². The second kappa shape index (κ2) is 6.64.